The van der Waals surface area contributed by atoms with E-state index >= 15 is 0 Å². The van der Waals surface area contributed by atoms with Gasteiger partial charge in [0.2, 0.25) is 0 Å². The van der Waals surface area contributed by atoms with Crippen molar-refractivity contribution in [2.75, 3.05) is 13.2 Å². The number of hydrogen-bond donors (Lipinski definition) is 2. The summed E-state index contributed by atoms with van der Waals surface area (Å²) in [5, 5.41) is 17.5. The van der Waals surface area contributed by atoms with E-state index in [0.717, 1.165) is 0 Å². The summed E-state index contributed by atoms with van der Waals surface area (Å²) in [6.45, 7) is 0.730. The van der Waals surface area contributed by atoms with Crippen LogP contribution in [0.2, 0.25) is 0 Å². The van der Waals surface area contributed by atoms with Gasteiger partial charge in [0.1, 0.15) is 0 Å². The number of aliphatic hydroxyl groups excluding tert-OH is 2. The Morgan fingerprint density at radius 2 is 2.33 bits per heavy atom. The molecule has 0 aromatic rings. The lowest BCUT2D eigenvalue weighted by molar-refractivity contribution is 0.0257. The lowest BCUT2D eigenvalue weighted by atomic mass is 10.1. The maximum absolute atomic E-state index is 9.08. The minimum atomic E-state index is -0.350. The molecule has 0 unspecified atom stereocenters. The van der Waals surface area contributed by atoms with Crippen LogP contribution in [-0.4, -0.2) is 35.6 Å². The van der Waals surface area contributed by atoms with E-state index in [1.165, 1.54) is 0 Å². The van der Waals surface area contributed by atoms with E-state index in [0.29, 0.717) is 19.4 Å². The fourth-order valence-electron chi connectivity index (χ4n) is 1.04. The van der Waals surface area contributed by atoms with Crippen molar-refractivity contribution in [2.24, 2.45) is 0 Å². The first kappa shape index (κ1) is 6.99. The Labute approximate surface area is 54.3 Å². The number of hydrogen-bond acceptors (Lipinski definition) is 3. The molecule has 0 amide bonds. The molecule has 9 heavy (non-hydrogen) atoms. The second kappa shape index (κ2) is 3.15. The van der Waals surface area contributed by atoms with Gasteiger partial charge >= 0.3 is 0 Å². The second-order valence-electron chi connectivity index (χ2n) is 2.28. The molecule has 2 atom stereocenters. The summed E-state index contributed by atoms with van der Waals surface area (Å²) in [4.78, 5) is 0. The van der Waals surface area contributed by atoms with Crippen LogP contribution in [0.3, 0.4) is 0 Å². The van der Waals surface area contributed by atoms with E-state index in [1.54, 1.807) is 0 Å². The van der Waals surface area contributed by atoms with Crippen molar-refractivity contribution in [3.05, 3.63) is 0 Å². The zero-order chi connectivity index (χ0) is 6.69. The Hall–Kier alpha value is -0.120. The van der Waals surface area contributed by atoms with Crippen LogP contribution in [0.5, 0.6) is 0 Å². The Bertz CT molecular complexity index is 84.4. The van der Waals surface area contributed by atoms with E-state index in [4.69, 9.17) is 14.9 Å². The van der Waals surface area contributed by atoms with E-state index < -0.39 is 0 Å². The SMILES string of the molecule is OCC[C@H]1OCC[C@H]1O. The molecule has 1 aliphatic rings. The quantitative estimate of drug-likeness (QED) is 0.533. The molecule has 0 aromatic heterocycles. The summed E-state index contributed by atoms with van der Waals surface area (Å²) in [7, 11) is 0. The molecule has 0 aliphatic carbocycles. The first-order valence-corrected chi connectivity index (χ1v) is 3.25. The molecule has 1 rings (SSSR count). The second-order valence-corrected chi connectivity index (χ2v) is 2.28. The van der Waals surface area contributed by atoms with E-state index in [1.807, 2.05) is 0 Å². The highest BCUT2D eigenvalue weighted by atomic mass is 16.5. The highest BCUT2D eigenvalue weighted by Gasteiger charge is 2.24. The van der Waals surface area contributed by atoms with Crippen molar-refractivity contribution in [3.8, 4) is 0 Å². The Morgan fingerprint density at radius 1 is 1.56 bits per heavy atom. The summed E-state index contributed by atoms with van der Waals surface area (Å²) in [6, 6.07) is 0. The minimum Gasteiger partial charge on any atom is -0.396 e. The maximum atomic E-state index is 9.08. The molecular formula is C6H12O3. The summed E-state index contributed by atoms with van der Waals surface area (Å²) in [5.41, 5.74) is 0. The van der Waals surface area contributed by atoms with Crippen molar-refractivity contribution in [1.29, 1.82) is 0 Å². The molecule has 0 aromatic carbocycles. The molecule has 0 saturated carbocycles. The third-order valence-electron chi connectivity index (χ3n) is 1.59. The van der Waals surface area contributed by atoms with Gasteiger partial charge in [0, 0.05) is 13.2 Å². The molecule has 1 heterocycles. The highest BCUT2D eigenvalue weighted by molar-refractivity contribution is 4.74. The van der Waals surface area contributed by atoms with Gasteiger partial charge in [-0.3, -0.25) is 0 Å². The summed E-state index contributed by atoms with van der Waals surface area (Å²) >= 11 is 0. The monoisotopic (exact) mass is 132 g/mol. The van der Waals surface area contributed by atoms with Crippen LogP contribution in [0.25, 0.3) is 0 Å². The topological polar surface area (TPSA) is 49.7 Å². The van der Waals surface area contributed by atoms with Crippen molar-refractivity contribution in [1.82, 2.24) is 0 Å². The van der Waals surface area contributed by atoms with Crippen LogP contribution < -0.4 is 0 Å². The third-order valence-corrected chi connectivity index (χ3v) is 1.59. The standard InChI is InChI=1S/C6H12O3/c7-3-1-6-5(8)2-4-9-6/h5-8H,1-4H2/t5-,6-/m1/s1. The van der Waals surface area contributed by atoms with Crippen molar-refractivity contribution < 1.29 is 14.9 Å². The Balaban J connectivity index is 2.22. The lowest BCUT2D eigenvalue weighted by Gasteiger charge is -2.10. The zero-order valence-corrected chi connectivity index (χ0v) is 5.29. The fourth-order valence-corrected chi connectivity index (χ4v) is 1.04. The average molecular weight is 132 g/mol. The van der Waals surface area contributed by atoms with Crippen molar-refractivity contribution in [2.45, 2.75) is 25.0 Å². The van der Waals surface area contributed by atoms with Crippen LogP contribution >= 0.6 is 0 Å². The molecule has 0 bridgehead atoms. The van der Waals surface area contributed by atoms with Gasteiger partial charge in [0.05, 0.1) is 12.2 Å². The molecule has 2 N–H and O–H groups in total. The molecule has 1 saturated heterocycles. The first-order valence-electron chi connectivity index (χ1n) is 3.25. The summed E-state index contributed by atoms with van der Waals surface area (Å²) < 4.78 is 5.10. The maximum Gasteiger partial charge on any atom is 0.0856 e. The summed E-state index contributed by atoms with van der Waals surface area (Å²) in [5.74, 6) is 0. The van der Waals surface area contributed by atoms with Crippen LogP contribution in [-0.2, 0) is 4.74 Å². The zero-order valence-electron chi connectivity index (χ0n) is 5.29. The predicted octanol–water partition coefficient (Wildman–Crippen LogP) is -0.481. The molecule has 1 fully saturated rings. The fraction of sp³-hybridized carbons (Fsp3) is 1.00. The predicted molar refractivity (Wildman–Crippen MR) is 32.1 cm³/mol. The van der Waals surface area contributed by atoms with Gasteiger partial charge in [0.25, 0.3) is 0 Å². The third kappa shape index (κ3) is 1.64. The molecule has 0 spiro atoms. The van der Waals surface area contributed by atoms with Crippen LogP contribution in [0.15, 0.2) is 0 Å². The normalized spacial score (nSPS) is 35.3. The number of ether oxygens (including phenoxy) is 1. The highest BCUT2D eigenvalue weighted by Crippen LogP contribution is 2.15. The largest absolute Gasteiger partial charge is 0.396 e. The van der Waals surface area contributed by atoms with Gasteiger partial charge in [0.15, 0.2) is 0 Å². The Morgan fingerprint density at radius 3 is 2.78 bits per heavy atom. The van der Waals surface area contributed by atoms with Gasteiger partial charge < -0.3 is 14.9 Å². The van der Waals surface area contributed by atoms with E-state index in [9.17, 15) is 0 Å². The van der Waals surface area contributed by atoms with E-state index in [2.05, 4.69) is 0 Å². The molecular weight excluding hydrogens is 120 g/mol. The Kier molecular flexibility index (Phi) is 2.45. The summed E-state index contributed by atoms with van der Waals surface area (Å²) in [6.07, 6.45) is 0.804. The van der Waals surface area contributed by atoms with Crippen LogP contribution in [0.1, 0.15) is 12.8 Å². The van der Waals surface area contributed by atoms with Gasteiger partial charge in [-0.25, -0.2) is 0 Å². The molecule has 3 heteroatoms. The van der Waals surface area contributed by atoms with Gasteiger partial charge in [-0.1, -0.05) is 0 Å². The molecule has 1 aliphatic heterocycles. The van der Waals surface area contributed by atoms with Gasteiger partial charge in [-0.15, -0.1) is 0 Å². The first-order chi connectivity index (χ1) is 4.34. The van der Waals surface area contributed by atoms with Crippen molar-refractivity contribution in [3.63, 3.8) is 0 Å². The van der Waals surface area contributed by atoms with Crippen molar-refractivity contribution >= 4 is 0 Å². The lowest BCUT2D eigenvalue weighted by Crippen LogP contribution is -2.21. The number of aliphatic hydroxyl groups is 2. The van der Waals surface area contributed by atoms with Gasteiger partial charge in [-0.2, -0.15) is 0 Å². The van der Waals surface area contributed by atoms with Crippen LogP contribution in [0, 0.1) is 0 Å². The van der Waals surface area contributed by atoms with Gasteiger partial charge in [-0.05, 0) is 12.8 Å². The average Bonchev–Trinajstić information content (AvgIpc) is 2.18. The molecule has 0 radical (unpaired) electrons. The molecule has 3 nitrogen and oxygen atoms in total. The minimum absolute atomic E-state index is 0.0989. The number of rotatable bonds is 2. The van der Waals surface area contributed by atoms with Crippen LogP contribution in [0.4, 0.5) is 0 Å². The molecule has 54 valence electrons. The van der Waals surface area contributed by atoms with E-state index in [-0.39, 0.29) is 18.8 Å². The smallest absolute Gasteiger partial charge is 0.0856 e.